The highest BCUT2D eigenvalue weighted by Gasteiger charge is 2.10. The number of aliphatic hydroxyl groups excluding tert-OH is 1. The first-order chi connectivity index (χ1) is 9.54. The van der Waals surface area contributed by atoms with Crippen LogP contribution in [-0.2, 0) is 0 Å². The molecule has 0 saturated heterocycles. The van der Waals surface area contributed by atoms with Crippen molar-refractivity contribution in [2.45, 2.75) is 52.2 Å². The molecule has 0 spiro atoms. The predicted octanol–water partition coefficient (Wildman–Crippen LogP) is 3.96. The first-order valence-electron chi connectivity index (χ1n) is 7.63. The topological polar surface area (TPSA) is 32.3 Å². The zero-order valence-corrected chi connectivity index (χ0v) is 14.0. The number of benzene rings is 1. The monoisotopic (exact) mass is 295 g/mol. The molecule has 0 aliphatic heterocycles. The fraction of sp³-hybridized carbons (Fsp3) is 0.647. The standard InChI is InChI=1S/C17H29NOS/c1-5-20-11-10-14(4)18-12-17(19)16-8-6-15(7-9-16)13(2)3/h6-9,13-14,17-19H,5,10-12H2,1-4H3. The van der Waals surface area contributed by atoms with E-state index in [1.165, 1.54) is 17.1 Å². The van der Waals surface area contributed by atoms with E-state index >= 15 is 0 Å². The zero-order valence-electron chi connectivity index (χ0n) is 13.2. The average Bonchev–Trinajstić information content (AvgIpc) is 2.45. The Morgan fingerprint density at radius 2 is 1.70 bits per heavy atom. The Balaban J connectivity index is 2.36. The molecule has 0 aromatic heterocycles. The minimum Gasteiger partial charge on any atom is -0.387 e. The summed E-state index contributed by atoms with van der Waals surface area (Å²) in [4.78, 5) is 0. The van der Waals surface area contributed by atoms with Crippen LogP contribution in [-0.4, -0.2) is 29.2 Å². The van der Waals surface area contributed by atoms with Crippen LogP contribution in [0.15, 0.2) is 24.3 Å². The summed E-state index contributed by atoms with van der Waals surface area (Å²) < 4.78 is 0. The van der Waals surface area contributed by atoms with Crippen LogP contribution in [0.25, 0.3) is 0 Å². The Bertz CT molecular complexity index is 364. The van der Waals surface area contributed by atoms with Gasteiger partial charge in [0.25, 0.3) is 0 Å². The van der Waals surface area contributed by atoms with Gasteiger partial charge in [0.15, 0.2) is 0 Å². The molecule has 2 N–H and O–H groups in total. The van der Waals surface area contributed by atoms with Gasteiger partial charge in [0.05, 0.1) is 6.10 Å². The van der Waals surface area contributed by atoms with E-state index in [1.807, 2.05) is 23.9 Å². The van der Waals surface area contributed by atoms with Crippen molar-refractivity contribution in [2.24, 2.45) is 0 Å². The molecule has 3 heteroatoms. The fourth-order valence-corrected chi connectivity index (χ4v) is 2.85. The third-order valence-electron chi connectivity index (χ3n) is 3.55. The number of hydrogen-bond acceptors (Lipinski definition) is 3. The Morgan fingerprint density at radius 3 is 2.25 bits per heavy atom. The minimum absolute atomic E-state index is 0.419. The second-order valence-corrected chi connectivity index (χ2v) is 7.03. The molecule has 0 aliphatic carbocycles. The molecule has 20 heavy (non-hydrogen) atoms. The van der Waals surface area contributed by atoms with E-state index < -0.39 is 6.10 Å². The quantitative estimate of drug-likeness (QED) is 0.676. The van der Waals surface area contributed by atoms with Crippen molar-refractivity contribution in [3.8, 4) is 0 Å². The fourth-order valence-electron chi connectivity index (χ4n) is 2.04. The molecule has 0 heterocycles. The van der Waals surface area contributed by atoms with Gasteiger partial charge in [-0.3, -0.25) is 0 Å². The molecule has 114 valence electrons. The lowest BCUT2D eigenvalue weighted by Crippen LogP contribution is -2.30. The first kappa shape index (κ1) is 17.5. The van der Waals surface area contributed by atoms with Gasteiger partial charge in [-0.2, -0.15) is 11.8 Å². The molecule has 2 unspecified atom stereocenters. The maximum atomic E-state index is 10.2. The summed E-state index contributed by atoms with van der Waals surface area (Å²) in [6.45, 7) is 9.36. The molecular formula is C17H29NOS. The second-order valence-electron chi connectivity index (χ2n) is 5.63. The van der Waals surface area contributed by atoms with Gasteiger partial charge in [0.2, 0.25) is 0 Å². The molecule has 0 saturated carbocycles. The van der Waals surface area contributed by atoms with Crippen molar-refractivity contribution >= 4 is 11.8 Å². The highest BCUT2D eigenvalue weighted by molar-refractivity contribution is 7.99. The SMILES string of the molecule is CCSCCC(C)NCC(O)c1ccc(C(C)C)cc1. The Labute approximate surface area is 128 Å². The van der Waals surface area contributed by atoms with Gasteiger partial charge in [-0.15, -0.1) is 0 Å². The summed E-state index contributed by atoms with van der Waals surface area (Å²) in [5, 5.41) is 13.6. The van der Waals surface area contributed by atoms with Crippen molar-refractivity contribution in [1.82, 2.24) is 5.32 Å². The van der Waals surface area contributed by atoms with Crippen LogP contribution in [0.5, 0.6) is 0 Å². The number of rotatable bonds is 9. The van der Waals surface area contributed by atoms with Crippen LogP contribution in [0.1, 0.15) is 57.3 Å². The van der Waals surface area contributed by atoms with Crippen molar-refractivity contribution in [3.63, 3.8) is 0 Å². The molecular weight excluding hydrogens is 266 g/mol. The second kappa shape index (κ2) is 9.43. The van der Waals surface area contributed by atoms with Crippen molar-refractivity contribution in [3.05, 3.63) is 35.4 Å². The molecule has 2 atom stereocenters. The van der Waals surface area contributed by atoms with E-state index in [-0.39, 0.29) is 0 Å². The van der Waals surface area contributed by atoms with Gasteiger partial charge in [-0.05, 0) is 41.9 Å². The Kier molecular flexibility index (Phi) is 8.27. The number of thioether (sulfide) groups is 1. The largest absolute Gasteiger partial charge is 0.387 e. The minimum atomic E-state index is -0.419. The molecule has 1 aromatic rings. The number of hydrogen-bond donors (Lipinski definition) is 2. The molecule has 0 amide bonds. The van der Waals surface area contributed by atoms with Crippen molar-refractivity contribution < 1.29 is 5.11 Å². The summed E-state index contributed by atoms with van der Waals surface area (Å²) in [6, 6.07) is 8.77. The van der Waals surface area contributed by atoms with Gasteiger partial charge in [-0.1, -0.05) is 45.0 Å². The summed E-state index contributed by atoms with van der Waals surface area (Å²) in [6.07, 6.45) is 0.731. The molecule has 0 fully saturated rings. The van der Waals surface area contributed by atoms with Crippen molar-refractivity contribution in [1.29, 1.82) is 0 Å². The van der Waals surface area contributed by atoms with E-state index in [0.717, 1.165) is 12.0 Å². The van der Waals surface area contributed by atoms with Crippen LogP contribution in [0.4, 0.5) is 0 Å². The molecule has 1 aromatic carbocycles. The molecule has 0 radical (unpaired) electrons. The molecule has 0 aliphatic rings. The highest BCUT2D eigenvalue weighted by atomic mass is 32.2. The Hall–Kier alpha value is -0.510. The van der Waals surface area contributed by atoms with Gasteiger partial charge >= 0.3 is 0 Å². The number of aliphatic hydroxyl groups is 1. The Morgan fingerprint density at radius 1 is 1.10 bits per heavy atom. The van der Waals surface area contributed by atoms with Crippen LogP contribution >= 0.6 is 11.8 Å². The van der Waals surface area contributed by atoms with Crippen molar-refractivity contribution in [2.75, 3.05) is 18.1 Å². The van der Waals surface area contributed by atoms with Crippen LogP contribution < -0.4 is 5.32 Å². The lowest BCUT2D eigenvalue weighted by Gasteiger charge is -2.17. The van der Waals surface area contributed by atoms with Gasteiger partial charge in [0.1, 0.15) is 0 Å². The molecule has 1 rings (SSSR count). The third kappa shape index (κ3) is 6.29. The maximum absolute atomic E-state index is 10.2. The van der Waals surface area contributed by atoms with Crippen LogP contribution in [0.3, 0.4) is 0 Å². The summed E-state index contributed by atoms with van der Waals surface area (Å²) in [5.41, 5.74) is 2.32. The normalized spacial score (nSPS) is 14.5. The maximum Gasteiger partial charge on any atom is 0.0914 e. The van der Waals surface area contributed by atoms with E-state index in [9.17, 15) is 5.11 Å². The van der Waals surface area contributed by atoms with E-state index in [4.69, 9.17) is 0 Å². The van der Waals surface area contributed by atoms with E-state index in [2.05, 4.69) is 45.1 Å². The smallest absolute Gasteiger partial charge is 0.0914 e. The molecule has 2 nitrogen and oxygen atoms in total. The summed E-state index contributed by atoms with van der Waals surface area (Å²) in [5.74, 6) is 2.90. The van der Waals surface area contributed by atoms with E-state index in [1.54, 1.807) is 0 Å². The summed E-state index contributed by atoms with van der Waals surface area (Å²) in [7, 11) is 0. The molecule has 0 bridgehead atoms. The van der Waals surface area contributed by atoms with E-state index in [0.29, 0.717) is 18.5 Å². The van der Waals surface area contributed by atoms with Gasteiger partial charge in [0, 0.05) is 12.6 Å². The average molecular weight is 295 g/mol. The lowest BCUT2D eigenvalue weighted by atomic mass is 10.00. The van der Waals surface area contributed by atoms with Gasteiger partial charge < -0.3 is 10.4 Å². The summed E-state index contributed by atoms with van der Waals surface area (Å²) >= 11 is 1.97. The third-order valence-corrected chi connectivity index (χ3v) is 4.48. The zero-order chi connectivity index (χ0) is 15.0. The predicted molar refractivity (Wildman–Crippen MR) is 90.6 cm³/mol. The van der Waals surface area contributed by atoms with Crippen LogP contribution in [0.2, 0.25) is 0 Å². The highest BCUT2D eigenvalue weighted by Crippen LogP contribution is 2.18. The van der Waals surface area contributed by atoms with Gasteiger partial charge in [-0.25, -0.2) is 0 Å². The lowest BCUT2D eigenvalue weighted by molar-refractivity contribution is 0.170. The first-order valence-corrected chi connectivity index (χ1v) is 8.79. The van der Waals surface area contributed by atoms with Crippen LogP contribution in [0, 0.1) is 0 Å². The number of nitrogens with one attached hydrogen (secondary N) is 1.